The van der Waals surface area contributed by atoms with E-state index in [2.05, 4.69) is 22.7 Å². The van der Waals surface area contributed by atoms with Crippen LogP contribution in [0.25, 0.3) is 0 Å². The van der Waals surface area contributed by atoms with Gasteiger partial charge in [-0.1, -0.05) is 6.92 Å². The van der Waals surface area contributed by atoms with Crippen molar-refractivity contribution in [2.45, 2.75) is 25.9 Å². The summed E-state index contributed by atoms with van der Waals surface area (Å²) in [6, 6.07) is 1.75. The fourth-order valence-corrected chi connectivity index (χ4v) is 2.26. The van der Waals surface area contributed by atoms with E-state index in [0.717, 1.165) is 18.7 Å². The van der Waals surface area contributed by atoms with Crippen molar-refractivity contribution >= 4 is 5.91 Å². The van der Waals surface area contributed by atoms with E-state index >= 15 is 0 Å². The number of ether oxygens (including phenoxy) is 1. The number of nitrogens with zero attached hydrogens (tertiary/aromatic N) is 2. The van der Waals surface area contributed by atoms with Gasteiger partial charge in [0.15, 0.2) is 0 Å². The molecule has 6 heteroatoms. The van der Waals surface area contributed by atoms with Crippen molar-refractivity contribution in [1.29, 1.82) is 0 Å². The molecule has 6 nitrogen and oxygen atoms in total. The molecule has 0 aromatic carbocycles. The smallest absolute Gasteiger partial charge is 0.237 e. The lowest BCUT2D eigenvalue weighted by molar-refractivity contribution is -0.123. The lowest BCUT2D eigenvalue weighted by Gasteiger charge is -2.14. The monoisotopic (exact) mass is 252 g/mol. The summed E-state index contributed by atoms with van der Waals surface area (Å²) in [6.45, 7) is 3.44. The second-order valence-electron chi connectivity index (χ2n) is 4.72. The number of rotatable bonds is 4. The Hall–Kier alpha value is -1.56. The Bertz CT molecular complexity index is 430. The van der Waals surface area contributed by atoms with Crippen molar-refractivity contribution in [1.82, 2.24) is 20.4 Å². The Morgan fingerprint density at radius 1 is 1.72 bits per heavy atom. The zero-order valence-electron chi connectivity index (χ0n) is 11.1. The highest BCUT2D eigenvalue weighted by molar-refractivity contribution is 5.82. The Kier molecular flexibility index (Phi) is 3.86. The lowest BCUT2D eigenvalue weighted by Crippen LogP contribution is -2.42. The third-order valence-corrected chi connectivity index (χ3v) is 3.36. The molecule has 1 aliphatic rings. The summed E-state index contributed by atoms with van der Waals surface area (Å²) in [6.07, 6.45) is 1.05. The first-order valence-corrected chi connectivity index (χ1v) is 6.20. The van der Waals surface area contributed by atoms with Crippen molar-refractivity contribution in [2.24, 2.45) is 13.0 Å². The van der Waals surface area contributed by atoms with Gasteiger partial charge in [-0.25, -0.2) is 4.68 Å². The standard InChI is InChI=1S/C12H20N4O2/c1-8-4-5-13-11(8)12(17)14-7-9-6-10(18-3)16(2)15-9/h6,8,11,13H,4-5,7H2,1-3H3,(H,14,17). The van der Waals surface area contributed by atoms with Crippen LogP contribution < -0.4 is 15.4 Å². The zero-order chi connectivity index (χ0) is 13.1. The number of amides is 1. The lowest BCUT2D eigenvalue weighted by atomic mass is 10.0. The van der Waals surface area contributed by atoms with E-state index in [1.54, 1.807) is 11.8 Å². The quantitative estimate of drug-likeness (QED) is 0.794. The number of carbonyl (C=O) groups is 1. The highest BCUT2D eigenvalue weighted by atomic mass is 16.5. The van der Waals surface area contributed by atoms with Crippen LogP contribution in [-0.4, -0.2) is 35.4 Å². The van der Waals surface area contributed by atoms with Gasteiger partial charge >= 0.3 is 0 Å². The number of methoxy groups -OCH3 is 1. The fraction of sp³-hybridized carbons (Fsp3) is 0.667. The van der Waals surface area contributed by atoms with Gasteiger partial charge in [-0.15, -0.1) is 0 Å². The zero-order valence-corrected chi connectivity index (χ0v) is 11.1. The van der Waals surface area contributed by atoms with Gasteiger partial charge in [-0.3, -0.25) is 4.79 Å². The van der Waals surface area contributed by atoms with Crippen LogP contribution in [-0.2, 0) is 18.4 Å². The first-order chi connectivity index (χ1) is 8.61. The van der Waals surface area contributed by atoms with Crippen LogP contribution in [0.1, 0.15) is 19.0 Å². The summed E-state index contributed by atoms with van der Waals surface area (Å²) in [5.41, 5.74) is 0.799. The van der Waals surface area contributed by atoms with Crippen molar-refractivity contribution in [3.63, 3.8) is 0 Å². The van der Waals surface area contributed by atoms with Gasteiger partial charge in [0.25, 0.3) is 0 Å². The van der Waals surface area contributed by atoms with Crippen LogP contribution in [0.5, 0.6) is 5.88 Å². The van der Waals surface area contributed by atoms with E-state index in [4.69, 9.17) is 4.74 Å². The number of aryl methyl sites for hydroxylation is 1. The largest absolute Gasteiger partial charge is 0.481 e. The number of hydrogen-bond acceptors (Lipinski definition) is 4. The van der Waals surface area contributed by atoms with E-state index in [1.807, 2.05) is 13.1 Å². The maximum absolute atomic E-state index is 12.0. The van der Waals surface area contributed by atoms with E-state index in [-0.39, 0.29) is 11.9 Å². The van der Waals surface area contributed by atoms with E-state index in [1.165, 1.54) is 0 Å². The minimum absolute atomic E-state index is 0.0459. The third-order valence-electron chi connectivity index (χ3n) is 3.36. The average molecular weight is 252 g/mol. The van der Waals surface area contributed by atoms with Gasteiger partial charge in [-0.05, 0) is 18.9 Å². The molecule has 1 fully saturated rings. The second-order valence-corrected chi connectivity index (χ2v) is 4.72. The molecule has 2 heterocycles. The number of carbonyl (C=O) groups excluding carboxylic acids is 1. The van der Waals surface area contributed by atoms with Crippen LogP contribution in [0.2, 0.25) is 0 Å². The molecule has 2 atom stereocenters. The summed E-state index contributed by atoms with van der Waals surface area (Å²) in [7, 11) is 3.41. The first-order valence-electron chi connectivity index (χ1n) is 6.20. The van der Waals surface area contributed by atoms with Gasteiger partial charge in [-0.2, -0.15) is 5.10 Å². The summed E-state index contributed by atoms with van der Waals surface area (Å²) in [4.78, 5) is 12.0. The Morgan fingerprint density at radius 2 is 2.50 bits per heavy atom. The summed E-state index contributed by atoms with van der Waals surface area (Å²) in [5, 5.41) is 10.4. The summed E-state index contributed by atoms with van der Waals surface area (Å²) < 4.78 is 6.78. The normalized spacial score (nSPS) is 23.1. The van der Waals surface area contributed by atoms with Gasteiger partial charge in [0.05, 0.1) is 25.4 Å². The van der Waals surface area contributed by atoms with Crippen molar-refractivity contribution < 1.29 is 9.53 Å². The van der Waals surface area contributed by atoms with Crippen molar-refractivity contribution in [2.75, 3.05) is 13.7 Å². The van der Waals surface area contributed by atoms with Crippen LogP contribution in [0, 0.1) is 5.92 Å². The second kappa shape index (κ2) is 5.39. The molecular weight excluding hydrogens is 232 g/mol. The molecule has 18 heavy (non-hydrogen) atoms. The number of nitrogens with one attached hydrogen (secondary N) is 2. The predicted molar refractivity (Wildman–Crippen MR) is 67.2 cm³/mol. The van der Waals surface area contributed by atoms with Crippen LogP contribution >= 0.6 is 0 Å². The molecule has 1 aromatic rings. The maximum atomic E-state index is 12.0. The molecule has 2 unspecified atom stereocenters. The highest BCUT2D eigenvalue weighted by Gasteiger charge is 2.28. The van der Waals surface area contributed by atoms with Crippen LogP contribution in [0.15, 0.2) is 6.07 Å². The molecule has 1 aromatic heterocycles. The molecule has 1 saturated heterocycles. The number of hydrogen-bond donors (Lipinski definition) is 2. The Balaban J connectivity index is 1.88. The van der Waals surface area contributed by atoms with Gasteiger partial charge in [0.1, 0.15) is 0 Å². The number of aromatic nitrogens is 2. The van der Waals surface area contributed by atoms with Gasteiger partial charge in [0, 0.05) is 13.1 Å². The molecule has 0 aliphatic carbocycles. The maximum Gasteiger partial charge on any atom is 0.237 e. The van der Waals surface area contributed by atoms with Gasteiger partial charge in [0.2, 0.25) is 11.8 Å². The molecule has 1 aliphatic heterocycles. The SMILES string of the molecule is COc1cc(CNC(=O)C2NCCC2C)nn1C. The summed E-state index contributed by atoms with van der Waals surface area (Å²) >= 11 is 0. The van der Waals surface area contributed by atoms with Crippen molar-refractivity contribution in [3.8, 4) is 5.88 Å². The molecule has 0 bridgehead atoms. The Labute approximate surface area is 107 Å². The molecule has 100 valence electrons. The van der Waals surface area contributed by atoms with E-state index in [0.29, 0.717) is 18.3 Å². The van der Waals surface area contributed by atoms with Gasteiger partial charge < -0.3 is 15.4 Å². The molecule has 0 saturated carbocycles. The highest BCUT2D eigenvalue weighted by Crippen LogP contribution is 2.15. The fourth-order valence-electron chi connectivity index (χ4n) is 2.26. The third kappa shape index (κ3) is 2.64. The van der Waals surface area contributed by atoms with Crippen molar-refractivity contribution in [3.05, 3.63) is 11.8 Å². The van der Waals surface area contributed by atoms with Crippen LogP contribution in [0.3, 0.4) is 0 Å². The summed E-state index contributed by atoms with van der Waals surface area (Å²) in [5.74, 6) is 1.12. The average Bonchev–Trinajstić information content (AvgIpc) is 2.92. The topological polar surface area (TPSA) is 68.2 Å². The first kappa shape index (κ1) is 12.9. The van der Waals surface area contributed by atoms with E-state index in [9.17, 15) is 4.79 Å². The minimum atomic E-state index is -0.0735. The molecular formula is C12H20N4O2. The molecule has 0 radical (unpaired) electrons. The van der Waals surface area contributed by atoms with E-state index < -0.39 is 0 Å². The molecule has 1 amide bonds. The predicted octanol–water partition coefficient (Wildman–Crippen LogP) is 0.0429. The molecule has 2 N–H and O–H groups in total. The Morgan fingerprint density at radius 3 is 3.06 bits per heavy atom. The molecule has 0 spiro atoms. The van der Waals surface area contributed by atoms with Crippen LogP contribution in [0.4, 0.5) is 0 Å². The molecule has 2 rings (SSSR count). The minimum Gasteiger partial charge on any atom is -0.481 e.